The first kappa shape index (κ1) is 29.2. The fourth-order valence-electron chi connectivity index (χ4n) is 4.35. The van der Waals surface area contributed by atoms with Crippen LogP contribution in [0.5, 0.6) is 0 Å². The normalized spacial score (nSPS) is 34.9. The highest BCUT2D eigenvalue weighted by molar-refractivity contribution is 7.47. The molecule has 0 unspecified atom stereocenters. The molecule has 2 aromatic heterocycles. The second-order valence-electron chi connectivity index (χ2n) is 9.49. The minimum atomic E-state index is -4.93. The van der Waals surface area contributed by atoms with E-state index in [0.717, 1.165) is 47.5 Å². The van der Waals surface area contributed by atoms with E-state index in [2.05, 4.69) is 0 Å². The summed E-state index contributed by atoms with van der Waals surface area (Å²) in [5.74, 6) is 0. The van der Waals surface area contributed by atoms with Gasteiger partial charge in [-0.2, -0.15) is 0 Å². The number of phosphoric ester groups is 1. The lowest BCUT2D eigenvalue weighted by molar-refractivity contribution is -0.0995. The van der Waals surface area contributed by atoms with Gasteiger partial charge in [0.15, 0.2) is 12.5 Å². The van der Waals surface area contributed by atoms with E-state index in [4.69, 9.17) is 18.5 Å². The summed E-state index contributed by atoms with van der Waals surface area (Å²) in [6.07, 6.45) is -7.22. The maximum absolute atomic E-state index is 12.5. The van der Waals surface area contributed by atoms with E-state index in [1.54, 1.807) is 0 Å². The number of nitrogens with one attached hydrogen (secondary N) is 2. The van der Waals surface area contributed by atoms with Gasteiger partial charge in [-0.1, -0.05) is 0 Å². The average molecular weight is 578 g/mol. The highest BCUT2D eigenvalue weighted by Gasteiger charge is 2.55. The molecule has 0 spiro atoms. The van der Waals surface area contributed by atoms with Crippen LogP contribution in [0.2, 0.25) is 0 Å². The van der Waals surface area contributed by atoms with Crippen LogP contribution in [0.4, 0.5) is 0 Å². The molecule has 2 aliphatic heterocycles. The van der Waals surface area contributed by atoms with E-state index in [-0.39, 0.29) is 0 Å². The molecule has 0 amide bonds. The molecule has 0 aliphatic carbocycles. The van der Waals surface area contributed by atoms with E-state index in [9.17, 15) is 49.1 Å². The van der Waals surface area contributed by atoms with E-state index >= 15 is 0 Å². The molecule has 2 saturated heterocycles. The second kappa shape index (κ2) is 10.3. The fourth-order valence-corrected chi connectivity index (χ4v) is 5.10. The van der Waals surface area contributed by atoms with Crippen molar-refractivity contribution in [2.24, 2.45) is 0 Å². The zero-order valence-electron chi connectivity index (χ0n) is 20.4. The second-order valence-corrected chi connectivity index (χ2v) is 10.9. The van der Waals surface area contributed by atoms with E-state index in [0.29, 0.717) is 0 Å². The van der Waals surface area contributed by atoms with E-state index in [1.807, 2.05) is 9.97 Å². The Bertz CT molecular complexity index is 1390. The zero-order chi connectivity index (χ0) is 28.9. The molecule has 0 radical (unpaired) electrons. The van der Waals surface area contributed by atoms with Gasteiger partial charge in [-0.3, -0.25) is 37.7 Å². The lowest BCUT2D eigenvalue weighted by Crippen LogP contribution is -2.47. The molecule has 39 heavy (non-hydrogen) atoms. The monoisotopic (exact) mass is 578 g/mol. The topological polar surface area (TPSA) is 265 Å². The Morgan fingerprint density at radius 1 is 0.846 bits per heavy atom. The molecule has 7 N–H and O–H groups in total. The number of phosphoric acid groups is 1. The van der Waals surface area contributed by atoms with Gasteiger partial charge in [-0.05, 0) is 13.8 Å². The molecule has 2 fully saturated rings. The van der Waals surface area contributed by atoms with Crippen LogP contribution in [0, 0.1) is 0 Å². The first-order valence-corrected chi connectivity index (χ1v) is 12.9. The van der Waals surface area contributed by atoms with E-state index in [1.165, 1.54) is 0 Å². The minimum absolute atomic E-state index is 0.706. The average Bonchev–Trinajstić information content (AvgIpc) is 3.20. The largest absolute Gasteiger partial charge is 0.472 e. The molecule has 4 rings (SSSR count). The molecule has 4 heterocycles. The van der Waals surface area contributed by atoms with Crippen LogP contribution in [0.15, 0.2) is 43.7 Å². The number of nitrogens with zero attached hydrogens (tertiary/aromatic N) is 2. The van der Waals surface area contributed by atoms with Crippen LogP contribution in [0.25, 0.3) is 0 Å². The molecule has 18 nitrogen and oxygen atoms in total. The lowest BCUT2D eigenvalue weighted by atomic mass is 9.96. The van der Waals surface area contributed by atoms with Crippen molar-refractivity contribution >= 4 is 7.82 Å². The summed E-state index contributed by atoms with van der Waals surface area (Å²) in [6, 6.07) is 1.98. The Morgan fingerprint density at radius 3 is 1.54 bits per heavy atom. The third kappa shape index (κ3) is 5.62. The molecule has 0 saturated carbocycles. The van der Waals surface area contributed by atoms with Gasteiger partial charge in [0.05, 0.1) is 13.2 Å². The van der Waals surface area contributed by atoms with Crippen molar-refractivity contribution in [2.75, 3.05) is 13.2 Å². The summed E-state index contributed by atoms with van der Waals surface area (Å²) < 4.78 is 34.7. The molecule has 2 aliphatic rings. The molecule has 216 valence electrons. The molecular weight excluding hydrogens is 551 g/mol. The summed E-state index contributed by atoms with van der Waals surface area (Å²) in [4.78, 5) is 60.8. The fraction of sp³-hybridized carbons (Fsp3) is 0.600. The highest BCUT2D eigenvalue weighted by Crippen LogP contribution is 2.47. The quantitative estimate of drug-likeness (QED) is 0.148. The third-order valence-electron chi connectivity index (χ3n) is 6.52. The van der Waals surface area contributed by atoms with Gasteiger partial charge in [0, 0.05) is 24.5 Å². The Balaban J connectivity index is 1.39. The lowest BCUT2D eigenvalue weighted by Gasteiger charge is -2.27. The predicted octanol–water partition coefficient (Wildman–Crippen LogP) is -3.76. The van der Waals surface area contributed by atoms with Gasteiger partial charge < -0.3 is 34.8 Å². The predicted molar refractivity (Wildman–Crippen MR) is 125 cm³/mol. The maximum atomic E-state index is 12.5. The highest BCUT2D eigenvalue weighted by atomic mass is 31.2. The van der Waals surface area contributed by atoms with Gasteiger partial charge in [0.25, 0.3) is 11.1 Å². The Hall–Kier alpha value is -2.77. The van der Waals surface area contributed by atoms with Crippen molar-refractivity contribution in [3.05, 3.63) is 66.2 Å². The number of aliphatic hydroxyl groups is 4. The number of ether oxygens (including phenoxy) is 2. The smallest absolute Gasteiger partial charge is 0.387 e. The first-order valence-electron chi connectivity index (χ1n) is 11.4. The van der Waals surface area contributed by atoms with Gasteiger partial charge in [-0.15, -0.1) is 0 Å². The molecule has 8 atom stereocenters. The number of hydrogen-bond donors (Lipinski definition) is 7. The number of aromatic amines is 2. The van der Waals surface area contributed by atoms with Crippen molar-refractivity contribution in [1.82, 2.24) is 19.1 Å². The Morgan fingerprint density at radius 2 is 1.21 bits per heavy atom. The molecule has 2 aromatic rings. The van der Waals surface area contributed by atoms with Crippen LogP contribution in [-0.4, -0.2) is 93.3 Å². The van der Waals surface area contributed by atoms with Crippen LogP contribution in [0.3, 0.4) is 0 Å². The van der Waals surface area contributed by atoms with Gasteiger partial charge >= 0.3 is 19.2 Å². The summed E-state index contributed by atoms with van der Waals surface area (Å²) in [5.41, 5.74) is -7.46. The van der Waals surface area contributed by atoms with Crippen LogP contribution in [-0.2, 0) is 23.1 Å². The van der Waals surface area contributed by atoms with Crippen molar-refractivity contribution in [2.45, 2.75) is 61.9 Å². The van der Waals surface area contributed by atoms with Crippen molar-refractivity contribution in [3.8, 4) is 0 Å². The van der Waals surface area contributed by atoms with Gasteiger partial charge in [0.2, 0.25) is 0 Å². The van der Waals surface area contributed by atoms with Crippen molar-refractivity contribution < 1.29 is 48.4 Å². The first-order chi connectivity index (χ1) is 18.0. The number of aliphatic hydroxyl groups excluding tert-OH is 2. The maximum Gasteiger partial charge on any atom is 0.472 e. The summed E-state index contributed by atoms with van der Waals surface area (Å²) in [6.45, 7) is 0.676. The standard InChI is InChI=1S/C20H27N4O14P/c1-19(31)13(27)9(37-15(19)23-5-3-11(25)21-17(23)29)7-35-39(33,34)36-8-10-14(28)20(2,32)16(38-10)24-6-4-12(26)22-18(24)30/h3-6,9-10,13-16,27-28,31-32H,7-8H2,1-2H3,(H,33,34)(H,21,25,29)(H,22,26,30)/t9-,10-,13-,14-,15-,16-,19-,20-/m1/s1. The van der Waals surface area contributed by atoms with Crippen molar-refractivity contribution in [1.29, 1.82) is 0 Å². The summed E-state index contributed by atoms with van der Waals surface area (Å²) >= 11 is 0. The van der Waals surface area contributed by atoms with Crippen molar-refractivity contribution in [3.63, 3.8) is 0 Å². The number of H-pyrrole nitrogens is 2. The molecular formula is C20H27N4O14P. The third-order valence-corrected chi connectivity index (χ3v) is 7.47. The number of aromatic nitrogens is 4. The molecule has 19 heteroatoms. The van der Waals surface area contributed by atoms with Crippen LogP contribution in [0.1, 0.15) is 26.3 Å². The molecule has 0 aromatic carbocycles. The van der Waals surface area contributed by atoms with E-state index < -0.39 is 91.6 Å². The SMILES string of the molecule is C[C@@]1(O)[C@H](O)[C@@H](COP(=O)(O)OC[C@H]2O[C@@H](n3ccc(=O)[nH]c3=O)[C@](C)(O)[C@@H]2O)O[C@H]1n1ccc(=O)[nH]c1=O. The van der Waals surface area contributed by atoms with Gasteiger partial charge in [-0.25, -0.2) is 14.2 Å². The summed E-state index contributed by atoms with van der Waals surface area (Å²) in [7, 11) is -4.93. The van der Waals surface area contributed by atoms with Crippen LogP contribution >= 0.6 is 7.82 Å². The molecule has 0 bridgehead atoms. The summed E-state index contributed by atoms with van der Waals surface area (Å²) in [5, 5.41) is 42.3. The van der Waals surface area contributed by atoms with Crippen LogP contribution < -0.4 is 22.5 Å². The number of rotatable bonds is 8. The Kier molecular flexibility index (Phi) is 7.74. The number of hydrogen-bond acceptors (Lipinski definition) is 13. The Labute approximate surface area is 217 Å². The zero-order valence-corrected chi connectivity index (χ0v) is 21.3. The van der Waals surface area contributed by atoms with Gasteiger partial charge in [0.1, 0.15) is 35.6 Å². The minimum Gasteiger partial charge on any atom is -0.387 e.